The van der Waals surface area contributed by atoms with Crippen molar-refractivity contribution in [2.75, 3.05) is 33.1 Å². The lowest BCUT2D eigenvalue weighted by Crippen LogP contribution is -2.47. The zero-order valence-corrected chi connectivity index (χ0v) is 19.9. The van der Waals surface area contributed by atoms with Crippen LogP contribution in [0.1, 0.15) is 31.2 Å². The van der Waals surface area contributed by atoms with E-state index in [1.807, 2.05) is 12.3 Å². The number of anilines is 1. The van der Waals surface area contributed by atoms with Crippen LogP contribution in [0.5, 0.6) is 11.5 Å². The summed E-state index contributed by atoms with van der Waals surface area (Å²) in [4.78, 5) is 11.4. The summed E-state index contributed by atoms with van der Waals surface area (Å²) in [5, 5.41) is 15.4. The molecular weight excluding hydrogens is 440 g/mol. The molecule has 1 saturated carbocycles. The zero-order valence-electron chi connectivity index (χ0n) is 19.1. The fraction of sp³-hybridized carbons (Fsp3) is 0.458. The van der Waals surface area contributed by atoms with Crippen molar-refractivity contribution in [3.05, 3.63) is 47.2 Å². The molecule has 4 rings (SSSR count). The average Bonchev–Trinajstić information content (AvgIpc) is 3.17. The first kappa shape index (κ1) is 23.1. The largest absolute Gasteiger partial charge is 0.493 e. The number of likely N-dealkylation sites (tertiary alicyclic amines) is 1. The Morgan fingerprint density at radius 1 is 1.24 bits per heavy atom. The van der Waals surface area contributed by atoms with E-state index in [1.165, 1.54) is 5.56 Å². The van der Waals surface area contributed by atoms with Crippen LogP contribution in [-0.4, -0.2) is 55.7 Å². The number of nitrogens with zero attached hydrogens (tertiary/aromatic N) is 4. The topological polar surface area (TPSA) is 94.8 Å². The summed E-state index contributed by atoms with van der Waals surface area (Å²) in [5.74, 6) is 1.93. The SMILES string of the molecule is COc1ccc(C23CCC(N=C(NC#N)Nc4ccc(Cl)nc4)CC2N(C)CC3)cc1OC. The Hall–Kier alpha value is -3.02. The highest BCUT2D eigenvalue weighted by atomic mass is 35.5. The number of ether oxygens (including phenoxy) is 2. The summed E-state index contributed by atoms with van der Waals surface area (Å²) in [5.41, 5.74) is 2.06. The molecule has 1 saturated heterocycles. The van der Waals surface area contributed by atoms with Gasteiger partial charge in [0.2, 0.25) is 5.96 Å². The fourth-order valence-electron chi connectivity index (χ4n) is 5.28. The lowest BCUT2D eigenvalue weighted by atomic mass is 9.65. The average molecular weight is 469 g/mol. The van der Waals surface area contributed by atoms with Crippen molar-refractivity contribution < 1.29 is 9.47 Å². The molecule has 2 N–H and O–H groups in total. The van der Waals surface area contributed by atoms with Gasteiger partial charge in [-0.3, -0.25) is 5.32 Å². The number of benzene rings is 1. The number of halogens is 1. The van der Waals surface area contributed by atoms with Crippen LogP contribution in [0.4, 0.5) is 5.69 Å². The molecule has 2 aliphatic rings. The van der Waals surface area contributed by atoms with Crippen molar-refractivity contribution in [1.29, 1.82) is 5.26 Å². The van der Waals surface area contributed by atoms with E-state index in [0.29, 0.717) is 17.2 Å². The minimum Gasteiger partial charge on any atom is -0.493 e. The van der Waals surface area contributed by atoms with Crippen LogP contribution >= 0.6 is 11.6 Å². The molecule has 0 amide bonds. The first-order valence-corrected chi connectivity index (χ1v) is 11.4. The van der Waals surface area contributed by atoms with Crippen molar-refractivity contribution in [2.24, 2.45) is 4.99 Å². The van der Waals surface area contributed by atoms with Gasteiger partial charge in [0.25, 0.3) is 0 Å². The molecule has 2 aromatic rings. The first-order valence-electron chi connectivity index (χ1n) is 11.0. The molecule has 8 nitrogen and oxygen atoms in total. The first-order chi connectivity index (χ1) is 16.0. The van der Waals surface area contributed by atoms with E-state index in [4.69, 9.17) is 26.1 Å². The van der Waals surface area contributed by atoms with Gasteiger partial charge in [0.15, 0.2) is 17.7 Å². The van der Waals surface area contributed by atoms with Gasteiger partial charge >= 0.3 is 0 Å². The van der Waals surface area contributed by atoms with Gasteiger partial charge in [-0.1, -0.05) is 17.7 Å². The Labute approximate surface area is 199 Å². The van der Waals surface area contributed by atoms with Crippen LogP contribution in [0.15, 0.2) is 41.5 Å². The normalized spacial score (nSPS) is 25.1. The highest BCUT2D eigenvalue weighted by Gasteiger charge is 2.50. The quantitative estimate of drug-likeness (QED) is 0.226. The Balaban J connectivity index is 1.57. The molecule has 1 aliphatic carbocycles. The molecule has 1 aromatic heterocycles. The summed E-state index contributed by atoms with van der Waals surface area (Å²) < 4.78 is 11.0. The van der Waals surface area contributed by atoms with Crippen LogP contribution in [0.2, 0.25) is 5.15 Å². The maximum atomic E-state index is 9.21. The minimum absolute atomic E-state index is 0.0523. The Morgan fingerprint density at radius 2 is 2.06 bits per heavy atom. The number of methoxy groups -OCH3 is 2. The third-order valence-electron chi connectivity index (χ3n) is 6.93. The maximum Gasteiger partial charge on any atom is 0.209 e. The van der Waals surface area contributed by atoms with Gasteiger partial charge in [-0.2, -0.15) is 5.26 Å². The van der Waals surface area contributed by atoms with Crippen molar-refractivity contribution in [2.45, 2.75) is 43.2 Å². The van der Waals surface area contributed by atoms with Gasteiger partial charge in [-0.05, 0) is 69.1 Å². The lowest BCUT2D eigenvalue weighted by molar-refractivity contribution is 0.168. The molecule has 3 unspecified atom stereocenters. The van der Waals surface area contributed by atoms with Crippen molar-refractivity contribution in [3.63, 3.8) is 0 Å². The van der Waals surface area contributed by atoms with E-state index in [1.54, 1.807) is 32.5 Å². The number of aliphatic imine (C=N–C) groups is 1. The van der Waals surface area contributed by atoms with E-state index < -0.39 is 0 Å². The second-order valence-corrected chi connectivity index (χ2v) is 9.00. The van der Waals surface area contributed by atoms with Gasteiger partial charge in [-0.25, -0.2) is 9.98 Å². The molecule has 1 aliphatic heterocycles. The standard InChI is InChI=1S/C24H29ClN6O2/c1-31-11-10-24(16-4-6-19(32-2)20(12-16)33-3)9-8-17(13-21(24)31)29-23(28-15-26)30-18-5-7-22(25)27-14-18/h4-7,12,14,17,21H,8-11,13H2,1-3H3,(H2,28,29,30). The number of rotatable bonds is 5. The Bertz CT molecular complexity index is 1050. The summed E-state index contributed by atoms with van der Waals surface area (Å²) in [6.07, 6.45) is 7.53. The number of aromatic nitrogens is 1. The summed E-state index contributed by atoms with van der Waals surface area (Å²) in [6.45, 7) is 1.04. The summed E-state index contributed by atoms with van der Waals surface area (Å²) in [6, 6.07) is 10.2. The van der Waals surface area contributed by atoms with E-state index in [0.717, 1.165) is 49.4 Å². The number of hydrogen-bond acceptors (Lipinski definition) is 6. The summed E-state index contributed by atoms with van der Waals surface area (Å²) >= 11 is 5.87. The van der Waals surface area contributed by atoms with Crippen molar-refractivity contribution in [3.8, 4) is 17.7 Å². The number of nitrogens with one attached hydrogen (secondary N) is 2. The van der Waals surface area contributed by atoms with Crippen molar-refractivity contribution >= 4 is 23.2 Å². The van der Waals surface area contributed by atoms with Crippen LogP contribution in [0.3, 0.4) is 0 Å². The van der Waals surface area contributed by atoms with Gasteiger partial charge in [0, 0.05) is 11.5 Å². The maximum absolute atomic E-state index is 9.21. The molecule has 0 bridgehead atoms. The number of pyridine rings is 1. The van der Waals surface area contributed by atoms with Gasteiger partial charge in [-0.15, -0.1) is 0 Å². The van der Waals surface area contributed by atoms with E-state index in [-0.39, 0.29) is 11.5 Å². The second-order valence-electron chi connectivity index (χ2n) is 8.61. The monoisotopic (exact) mass is 468 g/mol. The molecule has 1 aromatic carbocycles. The molecular formula is C24H29ClN6O2. The van der Waals surface area contributed by atoms with E-state index in [2.05, 4.69) is 39.7 Å². The predicted molar refractivity (Wildman–Crippen MR) is 129 cm³/mol. The second kappa shape index (κ2) is 9.86. The molecule has 0 radical (unpaired) electrons. The third kappa shape index (κ3) is 4.70. The van der Waals surface area contributed by atoms with Gasteiger partial charge in [0.1, 0.15) is 5.15 Å². The molecule has 33 heavy (non-hydrogen) atoms. The number of guanidine groups is 1. The fourth-order valence-corrected chi connectivity index (χ4v) is 5.39. The minimum atomic E-state index is 0.0523. The van der Waals surface area contributed by atoms with Crippen molar-refractivity contribution in [1.82, 2.24) is 15.2 Å². The van der Waals surface area contributed by atoms with Crippen LogP contribution in [0, 0.1) is 11.5 Å². The molecule has 3 atom stereocenters. The molecule has 0 spiro atoms. The number of fused-ring (bicyclic) bond motifs is 1. The lowest BCUT2D eigenvalue weighted by Gasteiger charge is -2.44. The molecule has 9 heteroatoms. The highest BCUT2D eigenvalue weighted by Crippen LogP contribution is 2.50. The van der Waals surface area contributed by atoms with Crippen LogP contribution in [-0.2, 0) is 5.41 Å². The number of nitriles is 1. The van der Waals surface area contributed by atoms with Crippen LogP contribution < -0.4 is 20.1 Å². The number of hydrogen-bond donors (Lipinski definition) is 2. The predicted octanol–water partition coefficient (Wildman–Crippen LogP) is 3.79. The molecule has 2 fully saturated rings. The third-order valence-corrected chi connectivity index (χ3v) is 7.16. The smallest absolute Gasteiger partial charge is 0.209 e. The summed E-state index contributed by atoms with van der Waals surface area (Å²) in [7, 11) is 5.52. The highest BCUT2D eigenvalue weighted by molar-refractivity contribution is 6.29. The number of likely N-dealkylation sites (N-methyl/N-ethyl adjacent to an activating group) is 1. The van der Waals surface area contributed by atoms with Gasteiger partial charge in [0.05, 0.1) is 32.1 Å². The van der Waals surface area contributed by atoms with Gasteiger partial charge < -0.3 is 19.7 Å². The van der Waals surface area contributed by atoms with Crippen LogP contribution in [0.25, 0.3) is 0 Å². The molecule has 2 heterocycles. The van der Waals surface area contributed by atoms with E-state index >= 15 is 0 Å². The zero-order chi connectivity index (χ0) is 23.4. The Morgan fingerprint density at radius 3 is 2.76 bits per heavy atom. The Kier molecular flexibility index (Phi) is 6.91. The van der Waals surface area contributed by atoms with E-state index in [9.17, 15) is 5.26 Å². The molecule has 174 valence electrons.